The van der Waals surface area contributed by atoms with E-state index in [0.717, 1.165) is 4.88 Å². The average molecular weight is 326 g/mol. The minimum Gasteiger partial charge on any atom is -0.480 e. The van der Waals surface area contributed by atoms with Crippen molar-refractivity contribution in [3.8, 4) is 0 Å². The van der Waals surface area contributed by atoms with Crippen LogP contribution in [0.1, 0.15) is 38.1 Å². The molecule has 0 saturated carbocycles. The second kappa shape index (κ2) is 6.66. The molecule has 0 radical (unpaired) electrons. The molecule has 2 rings (SSSR count). The van der Waals surface area contributed by atoms with Gasteiger partial charge in [0.05, 0.1) is 0 Å². The fourth-order valence-corrected chi connectivity index (χ4v) is 3.37. The summed E-state index contributed by atoms with van der Waals surface area (Å²) in [5.41, 5.74) is -0.539. The van der Waals surface area contributed by atoms with Crippen LogP contribution in [-0.2, 0) is 9.53 Å². The first-order valence-electron chi connectivity index (χ1n) is 7.26. The monoisotopic (exact) mass is 326 g/mol. The molecule has 0 spiro atoms. The maximum absolute atomic E-state index is 11.8. The highest BCUT2D eigenvalue weighted by Gasteiger charge is 2.35. The smallest absolute Gasteiger partial charge is 0.407 e. The molecule has 2 atom stereocenters. The van der Waals surface area contributed by atoms with Crippen LogP contribution >= 0.6 is 11.3 Å². The van der Waals surface area contributed by atoms with Crippen molar-refractivity contribution >= 4 is 23.4 Å². The van der Waals surface area contributed by atoms with Crippen molar-refractivity contribution in [1.82, 2.24) is 10.2 Å². The summed E-state index contributed by atoms with van der Waals surface area (Å²) >= 11 is 1.43. The van der Waals surface area contributed by atoms with E-state index in [-0.39, 0.29) is 6.04 Å². The van der Waals surface area contributed by atoms with Crippen LogP contribution in [0.2, 0.25) is 0 Å². The average Bonchev–Trinajstić information content (AvgIpc) is 2.99. The highest BCUT2D eigenvalue weighted by atomic mass is 32.1. The van der Waals surface area contributed by atoms with Crippen LogP contribution in [0.3, 0.4) is 0 Å². The van der Waals surface area contributed by atoms with E-state index < -0.39 is 23.7 Å². The van der Waals surface area contributed by atoms with Crippen LogP contribution in [0.4, 0.5) is 4.79 Å². The van der Waals surface area contributed by atoms with E-state index in [0.29, 0.717) is 19.5 Å². The lowest BCUT2D eigenvalue weighted by atomic mass is 10.2. The lowest BCUT2D eigenvalue weighted by Gasteiger charge is -2.24. The summed E-state index contributed by atoms with van der Waals surface area (Å²) in [6, 6.07) is 2.95. The molecule has 1 saturated heterocycles. The predicted octanol–water partition coefficient (Wildman–Crippen LogP) is 2.47. The molecule has 6 nitrogen and oxygen atoms in total. The van der Waals surface area contributed by atoms with Gasteiger partial charge in [0.25, 0.3) is 0 Å². The van der Waals surface area contributed by atoms with Gasteiger partial charge in [0.15, 0.2) is 0 Å². The van der Waals surface area contributed by atoms with Gasteiger partial charge in [0.1, 0.15) is 11.6 Å². The van der Waals surface area contributed by atoms with Crippen molar-refractivity contribution in [3.05, 3.63) is 22.4 Å². The number of aliphatic carboxylic acids is 1. The van der Waals surface area contributed by atoms with E-state index in [9.17, 15) is 14.7 Å². The Morgan fingerprint density at radius 2 is 2.23 bits per heavy atom. The number of carboxylic acid groups (broad SMARTS) is 1. The van der Waals surface area contributed by atoms with Gasteiger partial charge in [-0.15, -0.1) is 11.3 Å². The lowest BCUT2D eigenvalue weighted by Crippen LogP contribution is -2.41. The number of carboxylic acids is 1. The summed E-state index contributed by atoms with van der Waals surface area (Å²) in [5.74, 6) is -0.861. The minimum absolute atomic E-state index is 0.0864. The summed E-state index contributed by atoms with van der Waals surface area (Å²) in [5, 5.41) is 14.2. The summed E-state index contributed by atoms with van der Waals surface area (Å²) in [7, 11) is 0. The summed E-state index contributed by atoms with van der Waals surface area (Å²) in [4.78, 5) is 26.0. The maximum atomic E-state index is 11.8. The largest absolute Gasteiger partial charge is 0.480 e. The van der Waals surface area contributed by atoms with Crippen molar-refractivity contribution in [1.29, 1.82) is 0 Å². The van der Waals surface area contributed by atoms with Crippen molar-refractivity contribution in [2.45, 2.75) is 44.9 Å². The van der Waals surface area contributed by atoms with Gasteiger partial charge in [-0.3, -0.25) is 9.69 Å². The van der Waals surface area contributed by atoms with E-state index >= 15 is 0 Å². The molecular weight excluding hydrogens is 304 g/mol. The van der Waals surface area contributed by atoms with Gasteiger partial charge in [0, 0.05) is 24.0 Å². The van der Waals surface area contributed by atoms with E-state index in [1.807, 2.05) is 43.2 Å². The summed E-state index contributed by atoms with van der Waals surface area (Å²) in [6.45, 7) is 6.57. The Hall–Kier alpha value is -1.60. The van der Waals surface area contributed by atoms with Crippen LogP contribution < -0.4 is 5.32 Å². The molecule has 1 aliphatic rings. The Kier molecular flexibility index (Phi) is 5.08. The van der Waals surface area contributed by atoms with Crippen molar-refractivity contribution < 1.29 is 19.4 Å². The number of hydrogen-bond acceptors (Lipinski definition) is 5. The van der Waals surface area contributed by atoms with E-state index in [4.69, 9.17) is 4.74 Å². The lowest BCUT2D eigenvalue weighted by molar-refractivity contribution is -0.143. The van der Waals surface area contributed by atoms with Crippen LogP contribution in [0.15, 0.2) is 17.5 Å². The predicted molar refractivity (Wildman–Crippen MR) is 84.0 cm³/mol. The third-order valence-corrected chi connectivity index (χ3v) is 4.28. The summed E-state index contributed by atoms with van der Waals surface area (Å²) < 4.78 is 5.23. The first-order valence-corrected chi connectivity index (χ1v) is 8.14. The highest BCUT2D eigenvalue weighted by Crippen LogP contribution is 2.28. The molecule has 1 aromatic rings. The second-order valence-electron chi connectivity index (χ2n) is 6.38. The van der Waals surface area contributed by atoms with Crippen molar-refractivity contribution in [3.63, 3.8) is 0 Å². The Labute approximate surface area is 134 Å². The number of carbonyl (C=O) groups is 2. The van der Waals surface area contributed by atoms with Gasteiger partial charge < -0.3 is 15.2 Å². The Bertz CT molecular complexity index is 524. The number of hydrogen-bond donors (Lipinski definition) is 2. The molecular formula is C15H22N2O4S. The maximum Gasteiger partial charge on any atom is 0.407 e. The fraction of sp³-hybridized carbons (Fsp3) is 0.600. The molecule has 0 aliphatic carbocycles. The standard InChI is InChI=1S/C15H22N2O4S/c1-15(2,3)21-14(20)16-10-6-7-17(9-10)12(13(18)19)11-5-4-8-22-11/h4-5,8,10,12H,6-7,9H2,1-3H3,(H,16,20)(H,18,19)/t10-,12+/m0/s1. The Balaban J connectivity index is 1.94. The molecule has 0 bridgehead atoms. The number of nitrogens with zero attached hydrogens (tertiary/aromatic N) is 1. The van der Waals surface area contributed by atoms with E-state index in [1.165, 1.54) is 11.3 Å². The first-order chi connectivity index (χ1) is 10.3. The number of nitrogens with one attached hydrogen (secondary N) is 1. The molecule has 7 heteroatoms. The van der Waals surface area contributed by atoms with Crippen molar-refractivity contribution in [2.24, 2.45) is 0 Å². The molecule has 22 heavy (non-hydrogen) atoms. The topological polar surface area (TPSA) is 78.9 Å². The third-order valence-electron chi connectivity index (χ3n) is 3.35. The molecule has 0 aromatic carbocycles. The number of ether oxygens (including phenoxy) is 1. The van der Waals surface area contributed by atoms with Crippen LogP contribution in [0.5, 0.6) is 0 Å². The van der Waals surface area contributed by atoms with Crippen LogP contribution in [0.25, 0.3) is 0 Å². The molecule has 2 heterocycles. The van der Waals surface area contributed by atoms with Gasteiger partial charge in [-0.25, -0.2) is 4.79 Å². The second-order valence-corrected chi connectivity index (χ2v) is 7.36. The Morgan fingerprint density at radius 3 is 2.77 bits per heavy atom. The van der Waals surface area contributed by atoms with E-state index in [2.05, 4.69) is 5.32 Å². The van der Waals surface area contributed by atoms with Gasteiger partial charge in [-0.2, -0.15) is 0 Å². The zero-order valence-electron chi connectivity index (χ0n) is 13.0. The highest BCUT2D eigenvalue weighted by molar-refractivity contribution is 7.10. The van der Waals surface area contributed by atoms with Gasteiger partial charge in [-0.05, 0) is 38.6 Å². The zero-order valence-corrected chi connectivity index (χ0v) is 13.9. The molecule has 1 aliphatic heterocycles. The minimum atomic E-state index is -0.861. The third kappa shape index (κ3) is 4.45. The molecule has 122 valence electrons. The molecule has 1 fully saturated rings. The number of thiophene rings is 1. The molecule has 1 amide bonds. The normalized spacial score (nSPS) is 20.6. The molecule has 0 unspecified atom stereocenters. The quantitative estimate of drug-likeness (QED) is 0.888. The van der Waals surface area contributed by atoms with Gasteiger partial charge >= 0.3 is 12.1 Å². The number of rotatable bonds is 4. The SMILES string of the molecule is CC(C)(C)OC(=O)N[C@H]1CCN([C@@H](C(=O)O)c2cccs2)C1. The molecule has 2 N–H and O–H groups in total. The van der Waals surface area contributed by atoms with Gasteiger partial charge in [0.2, 0.25) is 0 Å². The van der Waals surface area contributed by atoms with Gasteiger partial charge in [-0.1, -0.05) is 6.07 Å². The number of alkyl carbamates (subject to hydrolysis) is 1. The van der Waals surface area contributed by atoms with Crippen LogP contribution in [-0.4, -0.2) is 46.8 Å². The number of carbonyl (C=O) groups excluding carboxylic acids is 1. The first kappa shape index (κ1) is 16.8. The number of likely N-dealkylation sites (tertiary alicyclic amines) is 1. The van der Waals surface area contributed by atoms with Crippen LogP contribution in [0, 0.1) is 0 Å². The fourth-order valence-electron chi connectivity index (χ4n) is 2.52. The molecule has 1 aromatic heterocycles. The number of amides is 1. The Morgan fingerprint density at radius 1 is 1.50 bits per heavy atom. The van der Waals surface area contributed by atoms with E-state index in [1.54, 1.807) is 0 Å². The summed E-state index contributed by atoms with van der Waals surface area (Å²) in [6.07, 6.45) is 0.261. The van der Waals surface area contributed by atoms with Crippen molar-refractivity contribution in [2.75, 3.05) is 13.1 Å². The zero-order chi connectivity index (χ0) is 16.3.